The fourth-order valence-electron chi connectivity index (χ4n) is 3.82. The number of pyridine rings is 1. The summed E-state index contributed by atoms with van der Waals surface area (Å²) in [6, 6.07) is 6.90. The van der Waals surface area contributed by atoms with Crippen LogP contribution in [0.2, 0.25) is 10.0 Å². The Labute approximate surface area is 199 Å². The van der Waals surface area contributed by atoms with Gasteiger partial charge in [0.15, 0.2) is 6.61 Å². The Balaban J connectivity index is 1.63. The predicted octanol–water partition coefficient (Wildman–Crippen LogP) is 4.22. The number of hydrogen-bond acceptors (Lipinski definition) is 4. The van der Waals surface area contributed by atoms with Gasteiger partial charge in [-0.3, -0.25) is 4.79 Å². The highest BCUT2D eigenvalue weighted by atomic mass is 35.5. The first kappa shape index (κ1) is 24.1. The Hall–Kier alpha value is -2.50. The molecule has 1 aromatic heterocycles. The molecule has 3 rings (SSSR count). The average Bonchev–Trinajstić information content (AvgIpc) is 2.75. The lowest BCUT2D eigenvalue weighted by molar-refractivity contribution is -0.122. The van der Waals surface area contributed by atoms with Crippen molar-refractivity contribution in [2.45, 2.75) is 33.1 Å². The fraction of sp³-hybridized carbons (Fsp3) is 0.360. The standard InChI is InChI=1S/C25H29Cl2N3O2/c1-5-19-8-10-30(11-9-19)24-12-16(2)21(18(4)29-24)13-17(3)28-25(31)15-32-23-7-6-20(26)14-22(23)27/h6-7,12-14,19H,3-5,8-11,15H2,1-2H3,(H,28,31)/b21-13-. The number of allylic oxidation sites excluding steroid dienone is 1. The van der Waals surface area contributed by atoms with Gasteiger partial charge < -0.3 is 15.0 Å². The first-order chi connectivity index (χ1) is 15.3. The van der Waals surface area contributed by atoms with Crippen LogP contribution in [-0.4, -0.2) is 30.6 Å². The molecule has 0 saturated carbocycles. The van der Waals surface area contributed by atoms with E-state index in [1.54, 1.807) is 24.3 Å². The van der Waals surface area contributed by atoms with E-state index in [0.717, 1.165) is 35.6 Å². The normalized spacial score (nSPS) is 15.0. The van der Waals surface area contributed by atoms with Crippen LogP contribution < -0.4 is 25.5 Å². The average molecular weight is 474 g/mol. The number of nitrogens with one attached hydrogen (secondary N) is 1. The van der Waals surface area contributed by atoms with Gasteiger partial charge >= 0.3 is 0 Å². The van der Waals surface area contributed by atoms with Gasteiger partial charge in [-0.1, -0.05) is 49.7 Å². The summed E-state index contributed by atoms with van der Waals surface area (Å²) in [6.45, 7) is 14.2. The monoisotopic (exact) mass is 473 g/mol. The van der Waals surface area contributed by atoms with Crippen LogP contribution >= 0.6 is 23.2 Å². The van der Waals surface area contributed by atoms with Crippen molar-refractivity contribution >= 4 is 47.6 Å². The number of rotatable bonds is 7. The Kier molecular flexibility index (Phi) is 8.21. The van der Waals surface area contributed by atoms with E-state index in [0.29, 0.717) is 26.8 Å². The molecule has 2 aromatic rings. The molecule has 1 aliphatic heterocycles. The molecule has 0 bridgehead atoms. The van der Waals surface area contributed by atoms with Gasteiger partial charge in [-0.2, -0.15) is 0 Å². The van der Waals surface area contributed by atoms with Crippen molar-refractivity contribution in [3.63, 3.8) is 0 Å². The van der Waals surface area contributed by atoms with Crippen LogP contribution in [0.1, 0.15) is 31.7 Å². The first-order valence-electron chi connectivity index (χ1n) is 10.8. The van der Waals surface area contributed by atoms with Crippen molar-refractivity contribution in [3.05, 3.63) is 62.7 Å². The SMILES string of the molecule is C=C(/C=c1/c(C)cc(N2CCC(CC)CC2)nc1=C)NC(=O)COc1ccc(Cl)cc1Cl. The second-order valence-corrected chi connectivity index (χ2v) is 8.92. The van der Waals surface area contributed by atoms with Crippen molar-refractivity contribution in [1.29, 1.82) is 0 Å². The van der Waals surface area contributed by atoms with E-state index in [1.807, 2.05) is 6.92 Å². The molecule has 2 heterocycles. The third-order valence-corrected chi connectivity index (χ3v) is 6.25. The van der Waals surface area contributed by atoms with Crippen molar-refractivity contribution in [1.82, 2.24) is 10.3 Å². The highest BCUT2D eigenvalue weighted by molar-refractivity contribution is 6.35. The molecule has 7 heteroatoms. The number of aryl methyl sites for hydroxylation is 1. The van der Waals surface area contributed by atoms with Crippen LogP contribution in [0.4, 0.5) is 5.82 Å². The molecule has 1 aliphatic rings. The summed E-state index contributed by atoms with van der Waals surface area (Å²) in [6.07, 6.45) is 5.42. The largest absolute Gasteiger partial charge is 0.482 e. The molecule has 1 fully saturated rings. The van der Waals surface area contributed by atoms with E-state index in [1.165, 1.54) is 19.3 Å². The number of piperidine rings is 1. The maximum Gasteiger partial charge on any atom is 0.262 e. The summed E-state index contributed by atoms with van der Waals surface area (Å²) in [4.78, 5) is 19.3. The van der Waals surface area contributed by atoms with Crippen LogP contribution in [0.5, 0.6) is 5.75 Å². The van der Waals surface area contributed by atoms with Crippen LogP contribution in [0.3, 0.4) is 0 Å². The summed E-state index contributed by atoms with van der Waals surface area (Å²) >= 11 is 11.9. The van der Waals surface area contributed by atoms with E-state index in [2.05, 4.69) is 36.4 Å². The maximum absolute atomic E-state index is 12.3. The molecule has 1 aromatic carbocycles. The van der Waals surface area contributed by atoms with Gasteiger partial charge in [-0.25, -0.2) is 4.98 Å². The van der Waals surface area contributed by atoms with Gasteiger partial charge in [0.2, 0.25) is 0 Å². The lowest BCUT2D eigenvalue weighted by atomic mass is 9.94. The zero-order valence-corrected chi connectivity index (χ0v) is 20.1. The van der Waals surface area contributed by atoms with E-state index in [9.17, 15) is 4.79 Å². The van der Waals surface area contributed by atoms with E-state index in [-0.39, 0.29) is 12.5 Å². The molecular weight excluding hydrogens is 445 g/mol. The smallest absolute Gasteiger partial charge is 0.262 e. The number of benzene rings is 1. The second kappa shape index (κ2) is 10.9. The number of amides is 1. The Bertz CT molecular complexity index is 1110. The van der Waals surface area contributed by atoms with Crippen molar-refractivity contribution in [3.8, 4) is 5.75 Å². The van der Waals surface area contributed by atoms with Crippen LogP contribution in [0, 0.1) is 12.8 Å². The minimum atomic E-state index is -0.344. The summed E-state index contributed by atoms with van der Waals surface area (Å²) in [5.74, 6) is 1.82. The van der Waals surface area contributed by atoms with Gasteiger partial charge in [0.05, 0.1) is 10.4 Å². The van der Waals surface area contributed by atoms with Gasteiger partial charge in [0.25, 0.3) is 5.91 Å². The number of anilines is 1. The van der Waals surface area contributed by atoms with Crippen molar-refractivity contribution in [2.75, 3.05) is 24.6 Å². The topological polar surface area (TPSA) is 54.5 Å². The Morgan fingerprint density at radius 2 is 2.03 bits per heavy atom. The zero-order chi connectivity index (χ0) is 23.3. The number of aromatic nitrogens is 1. The maximum atomic E-state index is 12.3. The number of nitrogens with zero attached hydrogens (tertiary/aromatic N) is 2. The lowest BCUT2D eigenvalue weighted by Gasteiger charge is -2.32. The van der Waals surface area contributed by atoms with E-state index >= 15 is 0 Å². The van der Waals surface area contributed by atoms with Gasteiger partial charge in [0, 0.05) is 29.0 Å². The van der Waals surface area contributed by atoms with Crippen molar-refractivity contribution in [2.24, 2.45) is 5.92 Å². The molecular formula is C25H29Cl2N3O2. The molecule has 0 aliphatic carbocycles. The molecule has 170 valence electrons. The van der Waals surface area contributed by atoms with E-state index < -0.39 is 0 Å². The molecule has 1 N–H and O–H groups in total. The van der Waals surface area contributed by atoms with Crippen LogP contribution in [0.25, 0.3) is 12.7 Å². The highest BCUT2D eigenvalue weighted by Crippen LogP contribution is 2.27. The number of carbonyl (C=O) groups is 1. The second-order valence-electron chi connectivity index (χ2n) is 8.08. The lowest BCUT2D eigenvalue weighted by Crippen LogP contribution is -2.38. The van der Waals surface area contributed by atoms with Crippen LogP contribution in [0.15, 0.2) is 36.5 Å². The number of ether oxygens (including phenoxy) is 1. The van der Waals surface area contributed by atoms with Gasteiger partial charge in [-0.05, 0) is 61.6 Å². The number of hydrogen-bond donors (Lipinski definition) is 1. The Morgan fingerprint density at radius 1 is 1.31 bits per heavy atom. The van der Waals surface area contributed by atoms with Crippen molar-refractivity contribution < 1.29 is 9.53 Å². The molecule has 5 nitrogen and oxygen atoms in total. The third-order valence-electron chi connectivity index (χ3n) is 5.72. The molecule has 0 unspecified atom stereocenters. The number of carbonyl (C=O) groups excluding carboxylic acids is 1. The summed E-state index contributed by atoms with van der Waals surface area (Å²) in [5, 5.41) is 5.08. The predicted molar refractivity (Wildman–Crippen MR) is 133 cm³/mol. The molecule has 0 atom stereocenters. The zero-order valence-electron chi connectivity index (χ0n) is 18.6. The van der Waals surface area contributed by atoms with Crippen LogP contribution in [-0.2, 0) is 4.79 Å². The summed E-state index contributed by atoms with van der Waals surface area (Å²) in [5.41, 5.74) is 1.48. The van der Waals surface area contributed by atoms with E-state index in [4.69, 9.17) is 32.9 Å². The third kappa shape index (κ3) is 6.27. The molecule has 0 spiro atoms. The minimum absolute atomic E-state index is 0.199. The highest BCUT2D eigenvalue weighted by Gasteiger charge is 2.19. The fourth-order valence-corrected chi connectivity index (χ4v) is 4.28. The molecule has 0 radical (unpaired) electrons. The summed E-state index contributed by atoms with van der Waals surface area (Å²) < 4.78 is 5.46. The molecule has 1 saturated heterocycles. The first-order valence-corrected chi connectivity index (χ1v) is 11.5. The molecule has 32 heavy (non-hydrogen) atoms. The Morgan fingerprint density at radius 3 is 2.66 bits per heavy atom. The quantitative estimate of drug-likeness (QED) is 0.653. The van der Waals surface area contributed by atoms with Gasteiger partial charge in [-0.15, -0.1) is 0 Å². The number of halogens is 2. The van der Waals surface area contributed by atoms with Gasteiger partial charge in [0.1, 0.15) is 11.6 Å². The minimum Gasteiger partial charge on any atom is -0.482 e. The molecule has 1 amide bonds. The summed E-state index contributed by atoms with van der Waals surface area (Å²) in [7, 11) is 0.